The molecule has 0 unspecified atom stereocenters. The molecule has 168 valence electrons. The van der Waals surface area contributed by atoms with E-state index >= 15 is 0 Å². The van der Waals surface area contributed by atoms with Crippen molar-refractivity contribution >= 4 is 5.97 Å². The van der Waals surface area contributed by atoms with Gasteiger partial charge in [0.15, 0.2) is 17.5 Å². The fourth-order valence-electron chi connectivity index (χ4n) is 5.24. The highest BCUT2D eigenvalue weighted by Gasteiger charge is 2.50. The fourth-order valence-corrected chi connectivity index (χ4v) is 5.24. The average molecular weight is 432 g/mol. The van der Waals surface area contributed by atoms with Crippen molar-refractivity contribution in [2.75, 3.05) is 0 Å². The minimum Gasteiger partial charge on any atom is -0.422 e. The van der Waals surface area contributed by atoms with Gasteiger partial charge in [-0.05, 0) is 56.3 Å². The smallest absolute Gasteiger partial charge is 0.382 e. The summed E-state index contributed by atoms with van der Waals surface area (Å²) in [5, 5.41) is 0. The standard InChI is InChI=1S/C23H29F5O2/c1-2-3-14-4-6-15(7-5-14)16-8-10-17(11-9-16)23(27,28)22(29)30-18-12-19(24)21(26)20(25)13-18/h12-17H,2-11H2,1H3. The van der Waals surface area contributed by atoms with Gasteiger partial charge in [-0.2, -0.15) is 8.78 Å². The van der Waals surface area contributed by atoms with Crippen molar-refractivity contribution in [2.45, 2.75) is 77.1 Å². The van der Waals surface area contributed by atoms with E-state index in [1.165, 1.54) is 25.7 Å². The fraction of sp³-hybridized carbons (Fsp3) is 0.696. The number of halogens is 5. The van der Waals surface area contributed by atoms with Gasteiger partial charge in [-0.1, -0.05) is 32.6 Å². The number of benzene rings is 1. The molecular formula is C23H29F5O2. The highest BCUT2D eigenvalue weighted by atomic mass is 19.3. The minimum absolute atomic E-state index is 0.216. The Morgan fingerprint density at radius 2 is 1.43 bits per heavy atom. The Labute approximate surface area is 174 Å². The third-order valence-electron chi connectivity index (χ3n) is 6.98. The van der Waals surface area contributed by atoms with Crippen molar-refractivity contribution in [3.05, 3.63) is 29.6 Å². The van der Waals surface area contributed by atoms with E-state index in [1.54, 1.807) is 0 Å². The summed E-state index contributed by atoms with van der Waals surface area (Å²) in [6, 6.07) is 0.774. The van der Waals surface area contributed by atoms with Gasteiger partial charge >= 0.3 is 11.9 Å². The second-order valence-electron chi connectivity index (χ2n) is 8.89. The van der Waals surface area contributed by atoms with E-state index < -0.39 is 41.0 Å². The SMILES string of the molecule is CCCC1CCC(C2CCC(C(F)(F)C(=O)Oc3cc(F)c(F)c(F)c3)CC2)CC1. The van der Waals surface area contributed by atoms with Crippen molar-refractivity contribution in [3.8, 4) is 5.75 Å². The van der Waals surface area contributed by atoms with Crippen molar-refractivity contribution in [1.82, 2.24) is 0 Å². The third kappa shape index (κ3) is 5.14. The van der Waals surface area contributed by atoms with Crippen LogP contribution in [0.25, 0.3) is 0 Å². The summed E-state index contributed by atoms with van der Waals surface area (Å²) in [5.74, 6) is -10.7. The summed E-state index contributed by atoms with van der Waals surface area (Å²) in [6.45, 7) is 2.20. The topological polar surface area (TPSA) is 26.3 Å². The number of esters is 1. The van der Waals surface area contributed by atoms with Gasteiger partial charge in [0.1, 0.15) is 5.75 Å². The summed E-state index contributed by atoms with van der Waals surface area (Å²) in [7, 11) is 0. The minimum atomic E-state index is -3.76. The largest absolute Gasteiger partial charge is 0.422 e. The molecule has 1 aromatic carbocycles. The second kappa shape index (κ2) is 9.65. The maximum atomic E-state index is 14.6. The Kier molecular flexibility index (Phi) is 7.40. The molecule has 0 saturated heterocycles. The van der Waals surface area contributed by atoms with Gasteiger partial charge in [0.05, 0.1) is 0 Å². The maximum Gasteiger partial charge on any atom is 0.382 e. The molecule has 0 N–H and O–H groups in total. The van der Waals surface area contributed by atoms with E-state index in [0.717, 1.165) is 18.8 Å². The number of rotatable bonds is 6. The number of alkyl halides is 2. The van der Waals surface area contributed by atoms with E-state index in [4.69, 9.17) is 0 Å². The number of hydrogen-bond acceptors (Lipinski definition) is 2. The predicted octanol–water partition coefficient (Wildman–Crippen LogP) is 7.06. The first-order valence-corrected chi connectivity index (χ1v) is 11.0. The number of carbonyl (C=O) groups is 1. The first kappa shape index (κ1) is 23.0. The van der Waals surface area contributed by atoms with Crippen LogP contribution in [0.15, 0.2) is 12.1 Å². The van der Waals surface area contributed by atoms with Crippen LogP contribution in [0.1, 0.15) is 71.1 Å². The van der Waals surface area contributed by atoms with Gasteiger partial charge in [0.2, 0.25) is 0 Å². The van der Waals surface area contributed by atoms with Crippen molar-refractivity contribution in [2.24, 2.45) is 23.7 Å². The van der Waals surface area contributed by atoms with Crippen LogP contribution >= 0.6 is 0 Å². The van der Waals surface area contributed by atoms with Gasteiger partial charge in [-0.3, -0.25) is 0 Å². The molecule has 0 radical (unpaired) electrons. The van der Waals surface area contributed by atoms with Gasteiger partial charge in [-0.15, -0.1) is 0 Å². The lowest BCUT2D eigenvalue weighted by Crippen LogP contribution is -2.42. The molecule has 7 heteroatoms. The molecule has 0 atom stereocenters. The average Bonchev–Trinajstić information content (AvgIpc) is 2.73. The summed E-state index contributed by atoms with van der Waals surface area (Å²) in [5.41, 5.74) is 0. The van der Waals surface area contributed by atoms with Gasteiger partial charge in [-0.25, -0.2) is 18.0 Å². The number of ether oxygens (including phenoxy) is 1. The molecule has 2 fully saturated rings. The van der Waals surface area contributed by atoms with Crippen LogP contribution in [0, 0.1) is 41.1 Å². The molecule has 2 nitrogen and oxygen atoms in total. The highest BCUT2D eigenvalue weighted by Crippen LogP contribution is 2.45. The van der Waals surface area contributed by atoms with E-state index in [9.17, 15) is 26.7 Å². The van der Waals surface area contributed by atoms with E-state index in [-0.39, 0.29) is 12.8 Å². The van der Waals surface area contributed by atoms with E-state index in [0.29, 0.717) is 36.8 Å². The maximum absolute atomic E-state index is 14.6. The number of carbonyl (C=O) groups excluding carboxylic acids is 1. The molecule has 3 rings (SSSR count). The quantitative estimate of drug-likeness (QED) is 0.208. The predicted molar refractivity (Wildman–Crippen MR) is 103 cm³/mol. The lowest BCUT2D eigenvalue weighted by Gasteiger charge is -2.39. The number of hydrogen-bond donors (Lipinski definition) is 0. The van der Waals surface area contributed by atoms with Crippen LogP contribution in [0.4, 0.5) is 22.0 Å². The van der Waals surface area contributed by atoms with Gasteiger partial charge < -0.3 is 4.74 Å². The van der Waals surface area contributed by atoms with Crippen molar-refractivity contribution in [1.29, 1.82) is 0 Å². The lowest BCUT2D eigenvalue weighted by atomic mass is 9.68. The zero-order chi connectivity index (χ0) is 21.9. The van der Waals surface area contributed by atoms with Crippen molar-refractivity contribution in [3.63, 3.8) is 0 Å². The molecule has 0 spiro atoms. The second-order valence-corrected chi connectivity index (χ2v) is 8.89. The van der Waals surface area contributed by atoms with Crippen LogP contribution < -0.4 is 4.74 Å². The van der Waals surface area contributed by atoms with Crippen LogP contribution in [-0.2, 0) is 4.79 Å². The zero-order valence-corrected chi connectivity index (χ0v) is 17.2. The molecular weight excluding hydrogens is 403 g/mol. The van der Waals surface area contributed by atoms with E-state index in [1.807, 2.05) is 0 Å². The molecule has 0 heterocycles. The first-order chi connectivity index (χ1) is 14.2. The lowest BCUT2D eigenvalue weighted by molar-refractivity contribution is -0.173. The van der Waals surface area contributed by atoms with Crippen LogP contribution in [0.5, 0.6) is 5.75 Å². The van der Waals surface area contributed by atoms with Gasteiger partial charge in [0, 0.05) is 18.1 Å². The van der Waals surface area contributed by atoms with Crippen LogP contribution in [-0.4, -0.2) is 11.9 Å². The zero-order valence-electron chi connectivity index (χ0n) is 17.2. The Balaban J connectivity index is 1.53. The van der Waals surface area contributed by atoms with E-state index in [2.05, 4.69) is 11.7 Å². The molecule has 0 bridgehead atoms. The molecule has 2 aliphatic rings. The summed E-state index contributed by atoms with van der Waals surface area (Å²) in [4.78, 5) is 12.0. The molecule has 1 aromatic rings. The summed E-state index contributed by atoms with van der Waals surface area (Å²) < 4.78 is 73.2. The molecule has 30 heavy (non-hydrogen) atoms. The molecule has 2 aliphatic carbocycles. The first-order valence-electron chi connectivity index (χ1n) is 11.0. The molecule has 2 saturated carbocycles. The van der Waals surface area contributed by atoms with Crippen LogP contribution in [0.3, 0.4) is 0 Å². The van der Waals surface area contributed by atoms with Gasteiger partial charge in [0.25, 0.3) is 0 Å². The Hall–Kier alpha value is -1.66. The van der Waals surface area contributed by atoms with Crippen molar-refractivity contribution < 1.29 is 31.5 Å². The summed E-state index contributed by atoms with van der Waals surface area (Å²) >= 11 is 0. The Morgan fingerprint density at radius 3 is 1.93 bits per heavy atom. The molecule has 0 aliphatic heterocycles. The summed E-state index contributed by atoms with van der Waals surface area (Å²) in [6.07, 6.45) is 8.92. The normalized spacial score (nSPS) is 27.7. The molecule has 0 amide bonds. The monoisotopic (exact) mass is 432 g/mol. The third-order valence-corrected chi connectivity index (χ3v) is 6.98. The highest BCUT2D eigenvalue weighted by molar-refractivity contribution is 5.80. The Bertz CT molecular complexity index is 712. The van der Waals surface area contributed by atoms with Crippen LogP contribution in [0.2, 0.25) is 0 Å². The Morgan fingerprint density at radius 1 is 0.933 bits per heavy atom. The molecule has 0 aromatic heterocycles.